The third-order valence-electron chi connectivity index (χ3n) is 7.44. The van der Waals surface area contributed by atoms with Crippen molar-refractivity contribution < 1.29 is 4.79 Å². The Kier molecular flexibility index (Phi) is 6.46. The van der Waals surface area contributed by atoms with Crippen LogP contribution in [0.4, 0.5) is 0 Å². The maximum atomic E-state index is 13.7. The smallest absolute Gasteiger partial charge is 0.291 e. The number of para-hydroxylation sites is 1. The Labute approximate surface area is 206 Å². The molecule has 0 radical (unpaired) electrons. The molecule has 0 aliphatic heterocycles. The molecule has 2 aromatic heterocycles. The summed E-state index contributed by atoms with van der Waals surface area (Å²) in [5, 5.41) is 9.38. The molecule has 1 N–H and O–H groups in total. The second-order valence-electron chi connectivity index (χ2n) is 10.1. The largest absolute Gasteiger partial charge is 0.352 e. The normalized spacial score (nSPS) is 14.9. The number of amides is 1. The molecule has 0 unspecified atom stereocenters. The second-order valence-corrected chi connectivity index (χ2v) is 10.1. The summed E-state index contributed by atoms with van der Waals surface area (Å²) < 4.78 is 3.41. The molecule has 6 nitrogen and oxygen atoms in total. The fourth-order valence-corrected chi connectivity index (χ4v) is 5.72. The number of fused-ring (bicyclic) bond motifs is 3. The van der Waals surface area contributed by atoms with Gasteiger partial charge in [0, 0.05) is 28.9 Å². The van der Waals surface area contributed by atoms with Crippen molar-refractivity contribution in [2.24, 2.45) is 0 Å². The van der Waals surface area contributed by atoms with Crippen molar-refractivity contribution in [3.63, 3.8) is 0 Å². The van der Waals surface area contributed by atoms with Gasteiger partial charge in [-0.2, -0.15) is 5.10 Å². The summed E-state index contributed by atoms with van der Waals surface area (Å²) in [4.78, 5) is 26.5. The minimum Gasteiger partial charge on any atom is -0.352 e. The second kappa shape index (κ2) is 9.68. The van der Waals surface area contributed by atoms with Crippen LogP contribution in [0.3, 0.4) is 0 Å². The highest BCUT2D eigenvalue weighted by Crippen LogP contribution is 2.28. The van der Waals surface area contributed by atoms with Crippen LogP contribution in [-0.4, -0.2) is 26.3 Å². The van der Waals surface area contributed by atoms with Crippen LogP contribution < -0.4 is 10.9 Å². The molecular formula is C29H34N4O2. The summed E-state index contributed by atoms with van der Waals surface area (Å²) in [5.74, 6) is -0.140. The van der Waals surface area contributed by atoms with Gasteiger partial charge < -0.3 is 9.88 Å². The summed E-state index contributed by atoms with van der Waals surface area (Å²) >= 11 is 0. The van der Waals surface area contributed by atoms with Crippen LogP contribution in [0.15, 0.2) is 47.4 Å². The highest BCUT2D eigenvalue weighted by atomic mass is 16.2. The van der Waals surface area contributed by atoms with E-state index in [-0.39, 0.29) is 24.1 Å². The molecule has 1 fully saturated rings. The minimum atomic E-state index is -0.225. The van der Waals surface area contributed by atoms with Gasteiger partial charge in [-0.25, -0.2) is 4.68 Å². The van der Waals surface area contributed by atoms with Crippen LogP contribution in [0.2, 0.25) is 0 Å². The van der Waals surface area contributed by atoms with E-state index in [9.17, 15) is 9.59 Å². The van der Waals surface area contributed by atoms with E-state index in [1.165, 1.54) is 39.8 Å². The molecule has 5 rings (SSSR count). The van der Waals surface area contributed by atoms with Gasteiger partial charge in [-0.15, -0.1) is 0 Å². The van der Waals surface area contributed by atoms with Gasteiger partial charge in [-0.1, -0.05) is 61.6 Å². The Morgan fingerprint density at radius 3 is 2.40 bits per heavy atom. The third kappa shape index (κ3) is 4.62. The number of carbonyl (C=O) groups is 1. The van der Waals surface area contributed by atoms with E-state index in [1.54, 1.807) is 6.20 Å². The van der Waals surface area contributed by atoms with Crippen molar-refractivity contribution >= 4 is 27.7 Å². The summed E-state index contributed by atoms with van der Waals surface area (Å²) in [6, 6.07) is 12.6. The predicted molar refractivity (Wildman–Crippen MR) is 141 cm³/mol. The molecule has 0 atom stereocenters. The van der Waals surface area contributed by atoms with E-state index in [4.69, 9.17) is 0 Å². The van der Waals surface area contributed by atoms with Gasteiger partial charge in [0.2, 0.25) is 5.91 Å². The molecule has 4 aromatic rings. The quantitative estimate of drug-likeness (QED) is 0.410. The lowest BCUT2D eigenvalue weighted by Crippen LogP contribution is -2.39. The maximum Gasteiger partial charge on any atom is 0.291 e. The fraction of sp³-hybridized carbons (Fsp3) is 0.414. The molecule has 35 heavy (non-hydrogen) atoms. The first kappa shape index (κ1) is 23.3. The molecule has 0 saturated heterocycles. The van der Waals surface area contributed by atoms with E-state index in [0.29, 0.717) is 12.1 Å². The van der Waals surface area contributed by atoms with Crippen LogP contribution in [0.1, 0.15) is 60.8 Å². The molecule has 6 heteroatoms. The number of benzene rings is 2. The molecule has 1 saturated carbocycles. The van der Waals surface area contributed by atoms with Gasteiger partial charge in [0.05, 0.1) is 6.20 Å². The molecule has 0 bridgehead atoms. The zero-order valence-electron chi connectivity index (χ0n) is 20.9. The maximum absolute atomic E-state index is 13.7. The Morgan fingerprint density at radius 1 is 1.00 bits per heavy atom. The van der Waals surface area contributed by atoms with Crippen LogP contribution in [0, 0.1) is 20.8 Å². The third-order valence-corrected chi connectivity index (χ3v) is 7.44. The zero-order chi connectivity index (χ0) is 24.5. The Balaban J connectivity index is 1.55. The number of carbonyl (C=O) groups excluding carboxylic acids is 1. The first-order chi connectivity index (χ1) is 16.9. The average Bonchev–Trinajstić information content (AvgIpc) is 2.94. The SMILES string of the molecule is Cc1cc(C)c(Cn2c3ccccc3c3cnn(CC(=O)NC4CCCCCC4)c(=O)c32)c(C)c1. The van der Waals surface area contributed by atoms with Crippen molar-refractivity contribution in [2.45, 2.75) is 78.4 Å². The number of aryl methyl sites for hydroxylation is 3. The van der Waals surface area contributed by atoms with E-state index in [1.807, 2.05) is 18.2 Å². The van der Waals surface area contributed by atoms with Crippen molar-refractivity contribution in [1.29, 1.82) is 0 Å². The number of hydrogen-bond donors (Lipinski definition) is 1. The number of hydrogen-bond acceptors (Lipinski definition) is 3. The first-order valence-corrected chi connectivity index (χ1v) is 12.8. The van der Waals surface area contributed by atoms with Gasteiger partial charge in [-0.05, 0) is 56.4 Å². The Hall–Kier alpha value is -3.41. The van der Waals surface area contributed by atoms with Gasteiger partial charge >= 0.3 is 0 Å². The summed E-state index contributed by atoms with van der Waals surface area (Å²) in [7, 11) is 0. The highest BCUT2D eigenvalue weighted by Gasteiger charge is 2.20. The van der Waals surface area contributed by atoms with Gasteiger partial charge in [-0.3, -0.25) is 9.59 Å². The van der Waals surface area contributed by atoms with Crippen LogP contribution >= 0.6 is 0 Å². The summed E-state index contributed by atoms with van der Waals surface area (Å²) in [6.07, 6.45) is 8.51. The Bertz CT molecular complexity index is 1430. The fourth-order valence-electron chi connectivity index (χ4n) is 5.72. The highest BCUT2D eigenvalue weighted by molar-refractivity contribution is 6.07. The predicted octanol–water partition coefficient (Wildman–Crippen LogP) is 5.16. The van der Waals surface area contributed by atoms with Crippen molar-refractivity contribution in [3.8, 4) is 0 Å². The zero-order valence-corrected chi connectivity index (χ0v) is 20.9. The van der Waals surface area contributed by atoms with Crippen molar-refractivity contribution in [3.05, 3.63) is 75.2 Å². The van der Waals surface area contributed by atoms with Gasteiger partial charge in [0.25, 0.3) is 5.56 Å². The molecule has 0 spiro atoms. The molecule has 2 heterocycles. The monoisotopic (exact) mass is 470 g/mol. The molecule has 1 aliphatic rings. The molecule has 2 aromatic carbocycles. The average molecular weight is 471 g/mol. The van der Waals surface area contributed by atoms with Crippen LogP contribution in [0.5, 0.6) is 0 Å². The molecule has 182 valence electrons. The Morgan fingerprint density at radius 2 is 1.69 bits per heavy atom. The van der Waals surface area contributed by atoms with E-state index in [0.717, 1.165) is 42.0 Å². The van der Waals surface area contributed by atoms with E-state index >= 15 is 0 Å². The number of aromatic nitrogens is 3. The lowest BCUT2D eigenvalue weighted by molar-refractivity contribution is -0.122. The lowest BCUT2D eigenvalue weighted by Gasteiger charge is -2.16. The molecule has 1 aliphatic carbocycles. The number of nitrogens with one attached hydrogen (secondary N) is 1. The van der Waals surface area contributed by atoms with Gasteiger partial charge in [0.15, 0.2) is 0 Å². The lowest BCUT2D eigenvalue weighted by atomic mass is 10.00. The summed E-state index contributed by atoms with van der Waals surface area (Å²) in [5.41, 5.74) is 6.25. The minimum absolute atomic E-state index is 0.0601. The van der Waals surface area contributed by atoms with Crippen molar-refractivity contribution in [1.82, 2.24) is 19.7 Å². The first-order valence-electron chi connectivity index (χ1n) is 12.8. The van der Waals surface area contributed by atoms with Crippen molar-refractivity contribution in [2.75, 3.05) is 0 Å². The van der Waals surface area contributed by atoms with Crippen LogP contribution in [0.25, 0.3) is 21.8 Å². The number of rotatable bonds is 5. The van der Waals surface area contributed by atoms with E-state index in [2.05, 4.69) is 54.0 Å². The van der Waals surface area contributed by atoms with Gasteiger partial charge in [0.1, 0.15) is 12.1 Å². The van der Waals surface area contributed by atoms with Crippen LogP contribution in [-0.2, 0) is 17.9 Å². The number of nitrogens with zero attached hydrogens (tertiary/aromatic N) is 3. The topological polar surface area (TPSA) is 68.9 Å². The molecule has 1 amide bonds. The summed E-state index contributed by atoms with van der Waals surface area (Å²) in [6.45, 7) is 6.89. The molecular weight excluding hydrogens is 436 g/mol. The van der Waals surface area contributed by atoms with E-state index < -0.39 is 0 Å². The standard InChI is InChI=1S/C29H34N4O2/c1-19-14-20(2)25(21(3)15-19)17-32-26-13-9-8-12-23(26)24-16-30-33(29(35)28(24)32)18-27(34)31-22-10-6-4-5-7-11-22/h8-9,12-16,22H,4-7,10-11,17-18H2,1-3H3,(H,31,34).